The number of ether oxygens (including phenoxy) is 1. The van der Waals surface area contributed by atoms with Crippen LogP contribution in [0.2, 0.25) is 0 Å². The van der Waals surface area contributed by atoms with Crippen molar-refractivity contribution in [3.63, 3.8) is 0 Å². The van der Waals surface area contributed by atoms with Crippen molar-refractivity contribution >= 4 is 16.7 Å². The molecule has 0 bridgehead atoms. The second-order valence-electron chi connectivity index (χ2n) is 5.04. The number of carboxylic acids is 1. The van der Waals surface area contributed by atoms with Gasteiger partial charge in [-0.15, -0.1) is 0 Å². The van der Waals surface area contributed by atoms with Gasteiger partial charge in [0.2, 0.25) is 0 Å². The van der Waals surface area contributed by atoms with Crippen molar-refractivity contribution in [1.29, 1.82) is 0 Å². The normalized spacial score (nSPS) is 10.6. The van der Waals surface area contributed by atoms with Crippen molar-refractivity contribution in [2.24, 2.45) is 0 Å². The molecule has 3 rings (SSSR count). The van der Waals surface area contributed by atoms with Crippen LogP contribution in [0.15, 0.2) is 60.7 Å². The van der Waals surface area contributed by atoms with E-state index in [2.05, 4.69) is 6.07 Å². The summed E-state index contributed by atoms with van der Waals surface area (Å²) in [4.78, 5) is 11.0. The Bertz CT molecular complexity index is 820. The predicted octanol–water partition coefficient (Wildman–Crippen LogP) is 4.60. The third-order valence-corrected chi connectivity index (χ3v) is 3.59. The Morgan fingerprint density at radius 1 is 0.909 bits per heavy atom. The number of carbonyl (C=O) groups is 1. The highest BCUT2D eigenvalue weighted by atomic mass is 16.5. The summed E-state index contributed by atoms with van der Waals surface area (Å²) in [5.74, 6) is -0.0457. The van der Waals surface area contributed by atoms with Crippen molar-refractivity contribution < 1.29 is 14.6 Å². The highest BCUT2D eigenvalue weighted by Gasteiger charge is 2.05. The van der Waals surface area contributed by atoms with Crippen LogP contribution in [0.4, 0.5) is 0 Å². The molecule has 0 aromatic heterocycles. The van der Waals surface area contributed by atoms with E-state index in [1.54, 1.807) is 12.1 Å². The number of carboxylic acid groups (broad SMARTS) is 1. The van der Waals surface area contributed by atoms with Crippen LogP contribution in [0.3, 0.4) is 0 Å². The van der Waals surface area contributed by atoms with Gasteiger partial charge >= 0.3 is 5.97 Å². The van der Waals surface area contributed by atoms with Crippen LogP contribution >= 0.6 is 0 Å². The van der Waals surface area contributed by atoms with E-state index in [4.69, 9.17) is 9.84 Å². The molecule has 0 heterocycles. The van der Waals surface area contributed by atoms with E-state index < -0.39 is 5.97 Å². The number of aromatic carboxylic acids is 1. The van der Waals surface area contributed by atoms with Crippen molar-refractivity contribution in [1.82, 2.24) is 0 Å². The summed E-state index contributed by atoms with van der Waals surface area (Å²) >= 11 is 0. The summed E-state index contributed by atoms with van der Waals surface area (Å²) in [5, 5.41) is 11.0. The summed E-state index contributed by atoms with van der Waals surface area (Å²) in [6.07, 6.45) is 0. The van der Waals surface area contributed by atoms with E-state index in [1.807, 2.05) is 49.4 Å². The molecular formula is C19H16O3. The van der Waals surface area contributed by atoms with Crippen LogP contribution in [-0.4, -0.2) is 17.7 Å². The molecule has 110 valence electrons. The molecule has 3 aromatic rings. The van der Waals surface area contributed by atoms with E-state index in [0.29, 0.717) is 12.2 Å². The molecule has 0 amide bonds. The predicted molar refractivity (Wildman–Crippen MR) is 87.5 cm³/mol. The van der Waals surface area contributed by atoms with Gasteiger partial charge in [0.25, 0.3) is 0 Å². The van der Waals surface area contributed by atoms with Gasteiger partial charge in [0.15, 0.2) is 0 Å². The number of fused-ring (bicyclic) bond motifs is 1. The molecule has 0 aliphatic carbocycles. The molecule has 3 heteroatoms. The van der Waals surface area contributed by atoms with Gasteiger partial charge in [0.05, 0.1) is 12.2 Å². The number of rotatable bonds is 4. The summed E-state index contributed by atoms with van der Waals surface area (Å²) in [6, 6.07) is 19.2. The van der Waals surface area contributed by atoms with Gasteiger partial charge in [0, 0.05) is 0 Å². The highest BCUT2D eigenvalue weighted by molar-refractivity contribution is 5.95. The maximum atomic E-state index is 11.0. The molecule has 0 unspecified atom stereocenters. The lowest BCUT2D eigenvalue weighted by molar-refractivity contribution is 0.0697. The third kappa shape index (κ3) is 2.79. The topological polar surface area (TPSA) is 46.5 Å². The van der Waals surface area contributed by atoms with Crippen molar-refractivity contribution in [2.75, 3.05) is 6.61 Å². The summed E-state index contributed by atoms with van der Waals surface area (Å²) in [6.45, 7) is 2.61. The van der Waals surface area contributed by atoms with E-state index in [9.17, 15) is 4.79 Å². The summed E-state index contributed by atoms with van der Waals surface area (Å²) in [7, 11) is 0. The van der Waals surface area contributed by atoms with Crippen LogP contribution in [0.25, 0.3) is 21.9 Å². The molecule has 3 aromatic carbocycles. The first kappa shape index (κ1) is 14.1. The number of benzene rings is 3. The van der Waals surface area contributed by atoms with Crippen LogP contribution in [0.5, 0.6) is 5.75 Å². The second-order valence-corrected chi connectivity index (χ2v) is 5.04. The van der Waals surface area contributed by atoms with Gasteiger partial charge < -0.3 is 9.84 Å². The van der Waals surface area contributed by atoms with Crippen molar-refractivity contribution in [2.45, 2.75) is 6.92 Å². The Hall–Kier alpha value is -2.81. The van der Waals surface area contributed by atoms with E-state index in [0.717, 1.165) is 27.6 Å². The van der Waals surface area contributed by atoms with Gasteiger partial charge in [-0.3, -0.25) is 0 Å². The second kappa shape index (κ2) is 5.90. The smallest absolute Gasteiger partial charge is 0.335 e. The average Bonchev–Trinajstić information content (AvgIpc) is 2.55. The monoisotopic (exact) mass is 292 g/mol. The minimum Gasteiger partial charge on any atom is -0.494 e. The summed E-state index contributed by atoms with van der Waals surface area (Å²) in [5.41, 5.74) is 2.51. The zero-order chi connectivity index (χ0) is 15.5. The fourth-order valence-electron chi connectivity index (χ4n) is 2.47. The molecule has 3 nitrogen and oxygen atoms in total. The zero-order valence-corrected chi connectivity index (χ0v) is 12.2. The van der Waals surface area contributed by atoms with Gasteiger partial charge in [-0.05, 0) is 59.2 Å². The van der Waals surface area contributed by atoms with Crippen LogP contribution in [0.1, 0.15) is 17.3 Å². The van der Waals surface area contributed by atoms with Crippen molar-refractivity contribution in [3.05, 3.63) is 66.2 Å². The zero-order valence-electron chi connectivity index (χ0n) is 12.2. The Labute approximate surface area is 128 Å². The first-order valence-corrected chi connectivity index (χ1v) is 7.18. The summed E-state index contributed by atoms with van der Waals surface area (Å²) < 4.78 is 5.45. The Kier molecular flexibility index (Phi) is 3.79. The van der Waals surface area contributed by atoms with Crippen molar-refractivity contribution in [3.8, 4) is 16.9 Å². The maximum absolute atomic E-state index is 11.0. The third-order valence-electron chi connectivity index (χ3n) is 3.59. The molecule has 0 spiro atoms. The fourth-order valence-corrected chi connectivity index (χ4v) is 2.47. The number of hydrogen-bond acceptors (Lipinski definition) is 2. The first-order chi connectivity index (χ1) is 10.7. The number of hydrogen-bond donors (Lipinski definition) is 1. The quantitative estimate of drug-likeness (QED) is 0.764. The Balaban J connectivity index is 1.97. The highest BCUT2D eigenvalue weighted by Crippen LogP contribution is 2.26. The molecule has 0 saturated heterocycles. The van der Waals surface area contributed by atoms with Crippen LogP contribution < -0.4 is 4.74 Å². The minimum absolute atomic E-state index is 0.307. The molecule has 22 heavy (non-hydrogen) atoms. The molecule has 0 saturated carbocycles. The Morgan fingerprint density at radius 2 is 1.55 bits per heavy atom. The standard InChI is InChI=1S/C19H16O3/c1-2-22-18-9-7-13(8-10-18)14-3-4-16-12-17(19(20)21)6-5-15(16)11-14/h3-12H,2H2,1H3,(H,20,21). The van der Waals surface area contributed by atoms with Gasteiger partial charge in [-0.2, -0.15) is 0 Å². The first-order valence-electron chi connectivity index (χ1n) is 7.18. The van der Waals surface area contributed by atoms with Gasteiger partial charge in [0.1, 0.15) is 5.75 Å². The maximum Gasteiger partial charge on any atom is 0.335 e. The van der Waals surface area contributed by atoms with Crippen LogP contribution in [-0.2, 0) is 0 Å². The van der Waals surface area contributed by atoms with Gasteiger partial charge in [-0.1, -0.05) is 30.3 Å². The van der Waals surface area contributed by atoms with Gasteiger partial charge in [-0.25, -0.2) is 4.79 Å². The van der Waals surface area contributed by atoms with E-state index in [-0.39, 0.29) is 0 Å². The van der Waals surface area contributed by atoms with E-state index >= 15 is 0 Å². The molecule has 0 aliphatic rings. The molecule has 0 radical (unpaired) electrons. The fraction of sp³-hybridized carbons (Fsp3) is 0.105. The molecular weight excluding hydrogens is 276 g/mol. The molecule has 0 fully saturated rings. The molecule has 1 N–H and O–H groups in total. The molecule has 0 atom stereocenters. The lowest BCUT2D eigenvalue weighted by Gasteiger charge is -2.07. The van der Waals surface area contributed by atoms with E-state index in [1.165, 1.54) is 0 Å². The largest absolute Gasteiger partial charge is 0.494 e. The SMILES string of the molecule is CCOc1ccc(-c2ccc3cc(C(=O)O)ccc3c2)cc1. The average molecular weight is 292 g/mol. The lowest BCUT2D eigenvalue weighted by Crippen LogP contribution is -1.95. The minimum atomic E-state index is -0.905. The lowest BCUT2D eigenvalue weighted by atomic mass is 10.00. The Morgan fingerprint density at radius 3 is 2.23 bits per heavy atom. The molecule has 0 aliphatic heterocycles. The van der Waals surface area contributed by atoms with Crippen LogP contribution in [0, 0.1) is 0 Å².